The van der Waals surface area contributed by atoms with Crippen LogP contribution in [0.4, 0.5) is 13.2 Å². The molecule has 0 fully saturated rings. The van der Waals surface area contributed by atoms with Gasteiger partial charge in [-0.05, 0) is 24.8 Å². The van der Waals surface area contributed by atoms with E-state index in [0.29, 0.717) is 0 Å². The first kappa shape index (κ1) is 13.1. The van der Waals surface area contributed by atoms with Crippen molar-refractivity contribution in [3.05, 3.63) is 36.0 Å². The van der Waals surface area contributed by atoms with Crippen LogP contribution in [-0.4, -0.2) is 6.18 Å². The summed E-state index contributed by atoms with van der Waals surface area (Å²) in [5.74, 6) is 0.288. The van der Waals surface area contributed by atoms with Gasteiger partial charge < -0.3 is 0 Å². The third kappa shape index (κ3) is 2.57. The van der Waals surface area contributed by atoms with E-state index in [2.05, 4.69) is 0 Å². The van der Waals surface area contributed by atoms with Crippen LogP contribution in [0.1, 0.15) is 27.2 Å². The van der Waals surface area contributed by atoms with E-state index in [9.17, 15) is 13.2 Å². The average Bonchev–Trinajstić information content (AvgIpc) is 2.39. The number of halogens is 3. The number of allylic oxidation sites excluding steroid dienone is 6. The standard InChI is InChI=1S/C13H17F3/c1-4-10(2)11-6-5-8-12(3,9-7-11)13(14,15)16/h5-10H,4H2,1-3H3. The van der Waals surface area contributed by atoms with Crippen molar-refractivity contribution in [1.82, 2.24) is 0 Å². The van der Waals surface area contributed by atoms with Gasteiger partial charge in [-0.3, -0.25) is 0 Å². The van der Waals surface area contributed by atoms with E-state index in [1.807, 2.05) is 13.8 Å². The molecule has 0 nitrogen and oxygen atoms in total. The molecule has 0 amide bonds. The summed E-state index contributed by atoms with van der Waals surface area (Å²) < 4.78 is 38.4. The van der Waals surface area contributed by atoms with E-state index >= 15 is 0 Å². The number of hydrogen-bond acceptors (Lipinski definition) is 0. The van der Waals surface area contributed by atoms with E-state index in [4.69, 9.17) is 0 Å². The average molecular weight is 230 g/mol. The third-order valence-electron chi connectivity index (χ3n) is 3.15. The highest BCUT2D eigenvalue weighted by Crippen LogP contribution is 2.42. The lowest BCUT2D eigenvalue weighted by atomic mass is 9.88. The Bertz CT molecular complexity index is 334. The fraction of sp³-hybridized carbons (Fsp3) is 0.538. The van der Waals surface area contributed by atoms with Gasteiger partial charge in [0.05, 0.1) is 5.41 Å². The van der Waals surface area contributed by atoms with Crippen LogP contribution in [0.15, 0.2) is 36.0 Å². The van der Waals surface area contributed by atoms with Gasteiger partial charge in [-0.25, -0.2) is 0 Å². The first-order valence-corrected chi connectivity index (χ1v) is 5.45. The summed E-state index contributed by atoms with van der Waals surface area (Å²) in [7, 11) is 0. The Balaban J connectivity index is 2.98. The van der Waals surface area contributed by atoms with Gasteiger partial charge in [0, 0.05) is 0 Å². The second-order valence-electron chi connectivity index (χ2n) is 4.45. The molecule has 0 aromatic heterocycles. The molecule has 0 aromatic carbocycles. The molecule has 3 heteroatoms. The summed E-state index contributed by atoms with van der Waals surface area (Å²) in [5.41, 5.74) is -0.898. The molecule has 2 atom stereocenters. The van der Waals surface area contributed by atoms with Crippen LogP contribution in [0, 0.1) is 11.3 Å². The molecule has 0 N–H and O–H groups in total. The topological polar surface area (TPSA) is 0 Å². The molecule has 90 valence electrons. The lowest BCUT2D eigenvalue weighted by molar-refractivity contribution is -0.183. The lowest BCUT2D eigenvalue weighted by Gasteiger charge is -2.24. The van der Waals surface area contributed by atoms with Crippen LogP contribution >= 0.6 is 0 Å². The molecular formula is C13H17F3. The van der Waals surface area contributed by atoms with Gasteiger partial charge in [0.15, 0.2) is 0 Å². The van der Waals surface area contributed by atoms with Crippen LogP contribution in [-0.2, 0) is 0 Å². The highest BCUT2D eigenvalue weighted by molar-refractivity contribution is 5.33. The zero-order valence-electron chi connectivity index (χ0n) is 9.81. The molecular weight excluding hydrogens is 213 g/mol. The highest BCUT2D eigenvalue weighted by atomic mass is 19.4. The van der Waals surface area contributed by atoms with Crippen molar-refractivity contribution in [2.75, 3.05) is 0 Å². The Labute approximate surface area is 94.5 Å². The van der Waals surface area contributed by atoms with Crippen LogP contribution < -0.4 is 0 Å². The molecule has 0 aromatic rings. The molecule has 1 rings (SSSR count). The monoisotopic (exact) mass is 230 g/mol. The molecule has 16 heavy (non-hydrogen) atoms. The predicted octanol–water partition coefficient (Wildman–Crippen LogP) is 4.65. The van der Waals surface area contributed by atoms with Crippen LogP contribution in [0.3, 0.4) is 0 Å². The number of alkyl halides is 3. The second-order valence-corrected chi connectivity index (χ2v) is 4.45. The van der Waals surface area contributed by atoms with Gasteiger partial charge >= 0.3 is 6.18 Å². The summed E-state index contributed by atoms with van der Waals surface area (Å²) >= 11 is 0. The van der Waals surface area contributed by atoms with Crippen molar-refractivity contribution < 1.29 is 13.2 Å². The summed E-state index contributed by atoms with van der Waals surface area (Å²) in [6.07, 6.45) is 4.01. The maximum absolute atomic E-state index is 12.8. The fourth-order valence-corrected chi connectivity index (χ4v) is 1.49. The van der Waals surface area contributed by atoms with E-state index < -0.39 is 11.6 Å². The van der Waals surface area contributed by atoms with Crippen molar-refractivity contribution in [2.24, 2.45) is 11.3 Å². The number of rotatable bonds is 2. The van der Waals surface area contributed by atoms with Crippen molar-refractivity contribution >= 4 is 0 Å². The minimum Gasteiger partial charge on any atom is -0.170 e. The molecule has 0 aliphatic heterocycles. The van der Waals surface area contributed by atoms with Crippen LogP contribution in [0.25, 0.3) is 0 Å². The van der Waals surface area contributed by atoms with Gasteiger partial charge in [0.1, 0.15) is 0 Å². The minimum absolute atomic E-state index is 0.288. The van der Waals surface area contributed by atoms with Gasteiger partial charge in [-0.15, -0.1) is 0 Å². The molecule has 1 aliphatic rings. The van der Waals surface area contributed by atoms with Crippen molar-refractivity contribution in [2.45, 2.75) is 33.4 Å². The van der Waals surface area contributed by atoms with Crippen molar-refractivity contribution in [3.63, 3.8) is 0 Å². The SMILES string of the molecule is CCC(C)C1=CC=CC(C)(C(F)(F)F)C=C1. The zero-order chi connectivity index (χ0) is 12.4. The van der Waals surface area contributed by atoms with Crippen LogP contribution in [0.2, 0.25) is 0 Å². The van der Waals surface area contributed by atoms with E-state index in [1.165, 1.54) is 25.2 Å². The molecule has 0 heterocycles. The first-order chi connectivity index (χ1) is 7.30. The van der Waals surface area contributed by atoms with E-state index in [0.717, 1.165) is 12.0 Å². The molecule has 0 spiro atoms. The highest BCUT2D eigenvalue weighted by Gasteiger charge is 2.47. The molecule has 1 aliphatic carbocycles. The normalized spacial score (nSPS) is 27.5. The third-order valence-corrected chi connectivity index (χ3v) is 3.15. The first-order valence-electron chi connectivity index (χ1n) is 5.45. The predicted molar refractivity (Wildman–Crippen MR) is 60.0 cm³/mol. The van der Waals surface area contributed by atoms with Gasteiger partial charge in [-0.1, -0.05) is 44.2 Å². The summed E-state index contributed by atoms with van der Waals surface area (Å²) in [6.45, 7) is 5.23. The molecule has 0 bridgehead atoms. The summed E-state index contributed by atoms with van der Waals surface area (Å²) in [6, 6.07) is 0. The summed E-state index contributed by atoms with van der Waals surface area (Å²) in [4.78, 5) is 0. The van der Waals surface area contributed by atoms with Crippen molar-refractivity contribution in [3.8, 4) is 0 Å². The maximum atomic E-state index is 12.8. The lowest BCUT2D eigenvalue weighted by Crippen LogP contribution is -2.31. The van der Waals surface area contributed by atoms with Gasteiger partial charge in [0.2, 0.25) is 0 Å². The fourth-order valence-electron chi connectivity index (χ4n) is 1.49. The van der Waals surface area contributed by atoms with Gasteiger partial charge in [-0.2, -0.15) is 13.2 Å². The zero-order valence-corrected chi connectivity index (χ0v) is 9.81. The Hall–Kier alpha value is -0.990. The Kier molecular flexibility index (Phi) is 3.66. The molecule has 0 saturated carbocycles. The molecule has 0 saturated heterocycles. The minimum atomic E-state index is -4.24. The van der Waals surface area contributed by atoms with E-state index in [-0.39, 0.29) is 5.92 Å². The van der Waals surface area contributed by atoms with E-state index in [1.54, 1.807) is 12.2 Å². The largest absolute Gasteiger partial charge is 0.400 e. The van der Waals surface area contributed by atoms with Crippen molar-refractivity contribution in [1.29, 1.82) is 0 Å². The van der Waals surface area contributed by atoms with Crippen LogP contribution in [0.5, 0.6) is 0 Å². The molecule has 2 unspecified atom stereocenters. The second kappa shape index (κ2) is 4.48. The Morgan fingerprint density at radius 3 is 2.44 bits per heavy atom. The number of hydrogen-bond donors (Lipinski definition) is 0. The Morgan fingerprint density at radius 1 is 1.31 bits per heavy atom. The quantitative estimate of drug-likeness (QED) is 0.647. The smallest absolute Gasteiger partial charge is 0.170 e. The maximum Gasteiger partial charge on any atom is 0.400 e. The summed E-state index contributed by atoms with van der Waals surface area (Å²) in [5, 5.41) is 0. The molecule has 0 radical (unpaired) electrons. The Morgan fingerprint density at radius 2 is 1.94 bits per heavy atom. The van der Waals surface area contributed by atoms with Gasteiger partial charge in [0.25, 0.3) is 0 Å².